The summed E-state index contributed by atoms with van der Waals surface area (Å²) >= 11 is 0. The van der Waals surface area contributed by atoms with E-state index in [1.54, 1.807) is 18.3 Å². The van der Waals surface area contributed by atoms with Crippen LogP contribution in [-0.2, 0) is 6.54 Å². The monoisotopic (exact) mass is 349 g/mol. The van der Waals surface area contributed by atoms with Gasteiger partial charge in [-0.05, 0) is 30.7 Å². The number of hydrogen-bond acceptors (Lipinski definition) is 4. The van der Waals surface area contributed by atoms with Gasteiger partial charge in [-0.2, -0.15) is 0 Å². The van der Waals surface area contributed by atoms with Gasteiger partial charge in [0.15, 0.2) is 0 Å². The van der Waals surface area contributed by atoms with E-state index in [0.717, 1.165) is 11.1 Å². The van der Waals surface area contributed by atoms with Crippen molar-refractivity contribution < 1.29 is 9.53 Å². The van der Waals surface area contributed by atoms with Crippen LogP contribution in [0.25, 0.3) is 11.3 Å². The highest BCUT2D eigenvalue weighted by Crippen LogP contribution is 2.15. The fourth-order valence-electron chi connectivity index (χ4n) is 2.53. The molecule has 3 aromatic rings. The Bertz CT molecular complexity index is 952. The molecule has 6 heteroatoms. The predicted molar refractivity (Wildman–Crippen MR) is 99.1 cm³/mol. The van der Waals surface area contributed by atoms with Gasteiger partial charge in [0.2, 0.25) is 5.88 Å². The first-order valence-corrected chi connectivity index (χ1v) is 8.32. The van der Waals surface area contributed by atoms with E-state index < -0.39 is 11.5 Å². The van der Waals surface area contributed by atoms with Gasteiger partial charge in [0.05, 0.1) is 6.61 Å². The fraction of sp³-hybridized carbons (Fsp3) is 0.150. The van der Waals surface area contributed by atoms with Crippen LogP contribution < -0.4 is 15.6 Å². The number of aromatic nitrogens is 2. The van der Waals surface area contributed by atoms with Crippen LogP contribution in [-0.4, -0.2) is 22.5 Å². The van der Waals surface area contributed by atoms with Crippen molar-refractivity contribution in [1.82, 2.24) is 15.3 Å². The molecule has 3 rings (SSSR count). The molecule has 0 fully saturated rings. The van der Waals surface area contributed by atoms with Gasteiger partial charge in [-0.1, -0.05) is 36.4 Å². The molecule has 0 aliphatic heterocycles. The van der Waals surface area contributed by atoms with Crippen LogP contribution in [0.5, 0.6) is 5.88 Å². The van der Waals surface area contributed by atoms with Gasteiger partial charge in [-0.25, -0.2) is 4.98 Å². The number of hydrogen-bond donors (Lipinski definition) is 2. The number of nitrogens with zero attached hydrogens (tertiary/aromatic N) is 1. The third-order valence-electron chi connectivity index (χ3n) is 3.81. The van der Waals surface area contributed by atoms with Crippen molar-refractivity contribution in [2.24, 2.45) is 0 Å². The lowest BCUT2D eigenvalue weighted by Crippen LogP contribution is -2.29. The maximum absolute atomic E-state index is 12.4. The van der Waals surface area contributed by atoms with E-state index in [1.807, 2.05) is 43.3 Å². The number of amides is 1. The Balaban J connectivity index is 1.74. The summed E-state index contributed by atoms with van der Waals surface area (Å²) in [6, 6.07) is 16.3. The molecule has 26 heavy (non-hydrogen) atoms. The zero-order chi connectivity index (χ0) is 18.4. The number of rotatable bonds is 6. The third kappa shape index (κ3) is 3.97. The minimum absolute atomic E-state index is 0.0616. The highest BCUT2D eigenvalue weighted by atomic mass is 16.5. The van der Waals surface area contributed by atoms with Crippen LogP contribution in [0.2, 0.25) is 0 Å². The van der Waals surface area contributed by atoms with Crippen molar-refractivity contribution >= 4 is 5.91 Å². The van der Waals surface area contributed by atoms with E-state index in [2.05, 4.69) is 15.3 Å². The summed E-state index contributed by atoms with van der Waals surface area (Å²) in [6.07, 6.45) is 1.63. The molecule has 0 radical (unpaired) electrons. The molecule has 0 atom stereocenters. The number of nitrogens with one attached hydrogen (secondary N) is 2. The lowest BCUT2D eigenvalue weighted by atomic mass is 10.1. The number of benzene rings is 1. The number of carbonyl (C=O) groups excluding carboxylic acids is 1. The fourth-order valence-corrected chi connectivity index (χ4v) is 2.53. The minimum Gasteiger partial charge on any atom is -0.478 e. The topological polar surface area (TPSA) is 84.1 Å². The standard InChI is InChI=1S/C20H19N3O3/c1-2-26-20-15(9-6-12-21-20)13-22-18(24)16-10-11-17(23-19(16)25)14-7-4-3-5-8-14/h3-12H,2,13H2,1H3,(H,22,24)(H,23,25). The lowest BCUT2D eigenvalue weighted by molar-refractivity contribution is 0.0949. The molecule has 0 bridgehead atoms. The summed E-state index contributed by atoms with van der Waals surface area (Å²) in [5.74, 6) is 0.0285. The Morgan fingerprint density at radius 2 is 1.92 bits per heavy atom. The number of aromatic amines is 1. The normalized spacial score (nSPS) is 10.3. The highest BCUT2D eigenvalue weighted by Gasteiger charge is 2.12. The van der Waals surface area contributed by atoms with E-state index >= 15 is 0 Å². The molecule has 1 aromatic carbocycles. The summed E-state index contributed by atoms with van der Waals surface area (Å²) in [7, 11) is 0. The summed E-state index contributed by atoms with van der Waals surface area (Å²) in [6.45, 7) is 2.57. The van der Waals surface area contributed by atoms with E-state index in [9.17, 15) is 9.59 Å². The molecule has 2 N–H and O–H groups in total. The van der Waals surface area contributed by atoms with Gasteiger partial charge in [-0.15, -0.1) is 0 Å². The van der Waals surface area contributed by atoms with Crippen LogP contribution in [0.3, 0.4) is 0 Å². The number of H-pyrrole nitrogens is 1. The molecule has 6 nitrogen and oxygen atoms in total. The quantitative estimate of drug-likeness (QED) is 0.717. The Kier molecular flexibility index (Phi) is 5.43. The van der Waals surface area contributed by atoms with Crippen LogP contribution in [0.1, 0.15) is 22.8 Å². The Morgan fingerprint density at radius 1 is 1.12 bits per heavy atom. The average Bonchev–Trinajstić information content (AvgIpc) is 2.68. The molecular formula is C20H19N3O3. The molecule has 1 amide bonds. The average molecular weight is 349 g/mol. The first kappa shape index (κ1) is 17.4. The largest absolute Gasteiger partial charge is 0.478 e. The number of ether oxygens (including phenoxy) is 1. The third-order valence-corrected chi connectivity index (χ3v) is 3.81. The van der Waals surface area contributed by atoms with Gasteiger partial charge in [0.1, 0.15) is 5.56 Å². The second-order valence-electron chi connectivity index (χ2n) is 5.56. The number of pyridine rings is 2. The molecule has 0 saturated heterocycles. The molecule has 0 unspecified atom stereocenters. The molecular weight excluding hydrogens is 330 g/mol. The summed E-state index contributed by atoms with van der Waals surface area (Å²) < 4.78 is 5.43. The first-order valence-electron chi connectivity index (χ1n) is 8.32. The van der Waals surface area contributed by atoms with Crippen LogP contribution >= 0.6 is 0 Å². The summed E-state index contributed by atoms with van der Waals surface area (Å²) in [5, 5.41) is 2.74. The molecule has 2 heterocycles. The van der Waals surface area contributed by atoms with Gasteiger partial charge >= 0.3 is 0 Å². The predicted octanol–water partition coefficient (Wildman–Crippen LogP) is 2.77. The Labute approximate surface area is 150 Å². The maximum atomic E-state index is 12.4. The molecule has 0 aliphatic carbocycles. The Morgan fingerprint density at radius 3 is 2.65 bits per heavy atom. The van der Waals surface area contributed by atoms with E-state index in [1.165, 1.54) is 6.07 Å². The van der Waals surface area contributed by atoms with Crippen LogP contribution in [0.15, 0.2) is 65.6 Å². The van der Waals surface area contributed by atoms with Crippen LogP contribution in [0.4, 0.5) is 0 Å². The molecule has 132 valence electrons. The van der Waals surface area contributed by atoms with Crippen molar-refractivity contribution in [2.75, 3.05) is 6.61 Å². The molecule has 2 aromatic heterocycles. The van der Waals surface area contributed by atoms with E-state index in [0.29, 0.717) is 18.2 Å². The zero-order valence-corrected chi connectivity index (χ0v) is 14.4. The van der Waals surface area contributed by atoms with E-state index in [-0.39, 0.29) is 12.1 Å². The zero-order valence-electron chi connectivity index (χ0n) is 14.4. The van der Waals surface area contributed by atoms with Gasteiger partial charge in [0.25, 0.3) is 11.5 Å². The minimum atomic E-state index is -0.447. The maximum Gasteiger partial charge on any atom is 0.261 e. The second-order valence-corrected chi connectivity index (χ2v) is 5.56. The number of carbonyl (C=O) groups is 1. The van der Waals surface area contributed by atoms with Crippen molar-refractivity contribution in [1.29, 1.82) is 0 Å². The second kappa shape index (κ2) is 8.11. The lowest BCUT2D eigenvalue weighted by Gasteiger charge is -2.10. The van der Waals surface area contributed by atoms with Crippen molar-refractivity contribution in [3.63, 3.8) is 0 Å². The highest BCUT2D eigenvalue weighted by molar-refractivity contribution is 5.94. The molecule has 0 saturated carbocycles. The van der Waals surface area contributed by atoms with Gasteiger partial charge in [0, 0.05) is 24.0 Å². The van der Waals surface area contributed by atoms with Crippen molar-refractivity contribution in [3.8, 4) is 17.1 Å². The summed E-state index contributed by atoms with van der Waals surface area (Å²) in [4.78, 5) is 31.5. The van der Waals surface area contributed by atoms with Gasteiger partial charge < -0.3 is 15.0 Å². The van der Waals surface area contributed by atoms with Gasteiger partial charge in [-0.3, -0.25) is 9.59 Å². The summed E-state index contributed by atoms with van der Waals surface area (Å²) in [5.41, 5.74) is 1.93. The Hall–Kier alpha value is -3.41. The van der Waals surface area contributed by atoms with Crippen molar-refractivity contribution in [3.05, 3.63) is 82.3 Å². The molecule has 0 spiro atoms. The molecule has 0 aliphatic rings. The van der Waals surface area contributed by atoms with E-state index in [4.69, 9.17) is 4.74 Å². The van der Waals surface area contributed by atoms with Crippen molar-refractivity contribution in [2.45, 2.75) is 13.5 Å². The SMILES string of the molecule is CCOc1ncccc1CNC(=O)c1ccc(-c2ccccc2)[nH]c1=O. The first-order chi connectivity index (χ1) is 12.7. The smallest absolute Gasteiger partial charge is 0.261 e. The van der Waals surface area contributed by atoms with Crippen LogP contribution in [0, 0.1) is 0 Å².